The first kappa shape index (κ1) is 11.6. The van der Waals surface area contributed by atoms with Crippen molar-refractivity contribution in [2.45, 2.75) is 0 Å². The van der Waals surface area contributed by atoms with Crippen molar-refractivity contribution in [3.05, 3.63) is 60.7 Å². The van der Waals surface area contributed by atoms with Gasteiger partial charge in [-0.2, -0.15) is 30.3 Å². The minimum atomic E-state index is 1.19. The van der Waals surface area contributed by atoms with E-state index >= 15 is 0 Å². The van der Waals surface area contributed by atoms with E-state index in [1.165, 1.54) is 27.5 Å². The zero-order chi connectivity index (χ0) is 10.2. The van der Waals surface area contributed by atoms with Crippen LogP contribution >= 0.6 is 13.6 Å². The number of hydrogen-bond donors (Lipinski definition) is 0. The van der Waals surface area contributed by atoms with Crippen molar-refractivity contribution in [3.8, 4) is 11.1 Å². The molecule has 66 valence electrons. The van der Waals surface area contributed by atoms with E-state index < -0.39 is 0 Å². The molecule has 2 rings (SSSR count). The Morgan fingerprint density at radius 1 is 0.857 bits per heavy atom. The molecule has 0 radical (unpaired) electrons. The van der Waals surface area contributed by atoms with Crippen LogP contribution < -0.4 is 0 Å². The quantitative estimate of drug-likeness (QED) is 0.551. The Morgan fingerprint density at radius 2 is 1.50 bits per heavy atom. The first-order valence-corrected chi connectivity index (χ1v) is 11.2. The molecule has 0 N–H and O–H groups in total. The van der Waals surface area contributed by atoms with E-state index in [4.69, 9.17) is 0 Å². The molecule has 0 heterocycles. The van der Waals surface area contributed by atoms with E-state index in [-0.39, 0.29) is 0 Å². The fraction of sp³-hybridized carbons (Fsp3) is 0. The molecule has 0 atom stereocenters. The molecular formula is C12H9BrZn. The number of halogens is 1. The van der Waals surface area contributed by atoms with Gasteiger partial charge in [-0.15, -0.1) is 5.56 Å². The normalized spacial score (nSPS) is 8.79. The molecular weight excluding hydrogens is 289 g/mol. The zero-order valence-corrected chi connectivity index (χ0v) is 12.3. The molecule has 0 aliphatic heterocycles. The smallest absolute Gasteiger partial charge is 0.0623 e. The molecule has 0 spiro atoms. The standard InChI is InChI=1S/C12H9.BrH.Zn/c1-3-7-11(8-4-1)12-9-5-2-6-10-12;;/h1-5,7-10H;1H;/q-1;;+2/p-1. The van der Waals surface area contributed by atoms with E-state index in [9.17, 15) is 0 Å². The summed E-state index contributed by atoms with van der Waals surface area (Å²) < 4.78 is 0. The van der Waals surface area contributed by atoms with Crippen LogP contribution in [0.2, 0.25) is 0 Å². The van der Waals surface area contributed by atoms with Gasteiger partial charge in [-0.1, -0.05) is 35.9 Å². The molecule has 0 bridgehead atoms. The van der Waals surface area contributed by atoms with E-state index in [1.54, 1.807) is 0 Å². The monoisotopic (exact) mass is 296 g/mol. The van der Waals surface area contributed by atoms with E-state index in [0.717, 1.165) is 0 Å². The summed E-state index contributed by atoms with van der Waals surface area (Å²) in [5, 5.41) is 0. The van der Waals surface area contributed by atoms with E-state index in [2.05, 4.69) is 37.9 Å². The van der Waals surface area contributed by atoms with Crippen LogP contribution in [-0.4, -0.2) is 0 Å². The van der Waals surface area contributed by atoms with Gasteiger partial charge in [0.1, 0.15) is 0 Å². The Morgan fingerprint density at radius 3 is 2.07 bits per heavy atom. The summed E-state index contributed by atoms with van der Waals surface area (Å²) >= 11 is 4.25. The van der Waals surface area contributed by atoms with Crippen molar-refractivity contribution in [1.29, 1.82) is 0 Å². The van der Waals surface area contributed by atoms with Gasteiger partial charge in [0.05, 0.1) is 0 Å². The van der Waals surface area contributed by atoms with Crippen molar-refractivity contribution in [3.63, 3.8) is 0 Å². The van der Waals surface area contributed by atoms with Crippen molar-refractivity contribution in [1.82, 2.24) is 0 Å². The molecule has 14 heavy (non-hydrogen) atoms. The maximum absolute atomic E-state index is 3.06. The van der Waals surface area contributed by atoms with Gasteiger partial charge in [0.25, 0.3) is 0 Å². The molecule has 0 amide bonds. The van der Waals surface area contributed by atoms with Gasteiger partial charge in [-0.3, -0.25) is 0 Å². The maximum atomic E-state index is 3.06. The SMILES string of the molecule is [Zn+][Br].[c-]1cccc(-c2ccccc2)c1. The van der Waals surface area contributed by atoms with Gasteiger partial charge in [-0.05, 0) is 0 Å². The zero-order valence-electron chi connectivity index (χ0n) is 7.78. The van der Waals surface area contributed by atoms with Crippen LogP contribution in [0, 0.1) is 6.07 Å². The maximum Gasteiger partial charge on any atom is -0.0623 e. The Hall–Kier alpha value is -0.457. The van der Waals surface area contributed by atoms with Crippen LogP contribution in [0.3, 0.4) is 0 Å². The van der Waals surface area contributed by atoms with Gasteiger partial charge in [0, 0.05) is 0 Å². The average Bonchev–Trinajstić information content (AvgIpc) is 2.34. The second-order valence-electron chi connectivity index (χ2n) is 2.66. The summed E-state index contributed by atoms with van der Waals surface area (Å²) in [7, 11) is 0. The molecule has 2 heteroatoms. The van der Waals surface area contributed by atoms with E-state index in [1.807, 2.05) is 36.4 Å². The Kier molecular flexibility index (Phi) is 5.74. The molecule has 2 aromatic rings. The van der Waals surface area contributed by atoms with Gasteiger partial charge in [0.2, 0.25) is 0 Å². The largest absolute Gasteiger partial charge is 0.183 e. The molecule has 0 aliphatic rings. The number of benzene rings is 2. The van der Waals surface area contributed by atoms with Gasteiger partial charge < -0.3 is 0 Å². The summed E-state index contributed by atoms with van der Waals surface area (Å²) in [5.74, 6) is 0. The van der Waals surface area contributed by atoms with Gasteiger partial charge in [0.15, 0.2) is 0 Å². The van der Waals surface area contributed by atoms with Crippen LogP contribution in [0.15, 0.2) is 54.6 Å². The van der Waals surface area contributed by atoms with Crippen molar-refractivity contribution in [2.75, 3.05) is 0 Å². The first-order valence-electron chi connectivity index (χ1n) is 4.25. The Bertz CT molecular complexity index is 308. The second kappa shape index (κ2) is 6.92. The summed E-state index contributed by atoms with van der Waals surface area (Å²) in [4.78, 5) is 0. The summed E-state index contributed by atoms with van der Waals surface area (Å²) in [6.45, 7) is 0. The van der Waals surface area contributed by atoms with Crippen LogP contribution in [0.5, 0.6) is 0 Å². The summed E-state index contributed by atoms with van der Waals surface area (Å²) in [5.41, 5.74) is 2.47. The molecule has 0 nitrogen and oxygen atoms in total. The van der Waals surface area contributed by atoms with Crippen LogP contribution in [0.25, 0.3) is 11.1 Å². The molecule has 0 fully saturated rings. The summed E-state index contributed by atoms with van der Waals surface area (Å²) in [6.07, 6.45) is 0. The Labute approximate surface area is 101 Å². The fourth-order valence-corrected chi connectivity index (χ4v) is 1.20. The van der Waals surface area contributed by atoms with E-state index in [0.29, 0.717) is 0 Å². The van der Waals surface area contributed by atoms with Crippen LogP contribution in [-0.2, 0) is 16.3 Å². The molecule has 0 saturated carbocycles. The molecule has 0 saturated heterocycles. The second-order valence-corrected chi connectivity index (χ2v) is 2.66. The topological polar surface area (TPSA) is 0 Å². The third kappa shape index (κ3) is 3.36. The molecule has 0 aliphatic carbocycles. The minimum Gasteiger partial charge on any atom is -0.183 e. The number of hydrogen-bond acceptors (Lipinski definition) is 0. The fourth-order valence-electron chi connectivity index (χ4n) is 1.20. The molecule has 0 aromatic heterocycles. The van der Waals surface area contributed by atoms with Crippen molar-refractivity contribution in [2.24, 2.45) is 0 Å². The van der Waals surface area contributed by atoms with Crippen LogP contribution in [0.4, 0.5) is 0 Å². The third-order valence-corrected chi connectivity index (χ3v) is 1.81. The molecule has 2 aromatic carbocycles. The third-order valence-electron chi connectivity index (χ3n) is 1.81. The average molecular weight is 298 g/mol. The minimum absolute atomic E-state index is 1.19. The van der Waals surface area contributed by atoms with Crippen molar-refractivity contribution >= 4 is 13.6 Å². The molecule has 0 unspecified atom stereocenters. The first-order chi connectivity index (χ1) is 6.97. The Balaban J connectivity index is 0.000000461. The van der Waals surface area contributed by atoms with Crippen LogP contribution in [0.1, 0.15) is 0 Å². The number of rotatable bonds is 1. The van der Waals surface area contributed by atoms with Crippen molar-refractivity contribution < 1.29 is 16.3 Å². The summed E-state index contributed by atoms with van der Waals surface area (Å²) in [6, 6.07) is 21.4. The van der Waals surface area contributed by atoms with Gasteiger partial charge in [-0.25, -0.2) is 0 Å². The predicted octanol–water partition coefficient (Wildman–Crippen LogP) is 4.00. The van der Waals surface area contributed by atoms with Gasteiger partial charge >= 0.3 is 30.0 Å². The predicted molar refractivity (Wildman–Crippen MR) is 59.6 cm³/mol.